The quantitative estimate of drug-likeness (QED) is 0.232. The van der Waals surface area contributed by atoms with Gasteiger partial charge in [0.25, 0.3) is 40.5 Å². The van der Waals surface area contributed by atoms with E-state index in [0.29, 0.717) is 25.2 Å². The van der Waals surface area contributed by atoms with Crippen LogP contribution in [-0.2, 0) is 68.4 Å². The third kappa shape index (κ3) is 11.1. The van der Waals surface area contributed by atoms with Gasteiger partial charge >= 0.3 is 0 Å². The number of halogens is 1. The molecular formula is C28H33FO13S5. The first kappa shape index (κ1) is 37.5. The summed E-state index contributed by atoms with van der Waals surface area (Å²) < 4.78 is 138. The predicted octanol–water partition coefficient (Wildman–Crippen LogP) is 2.90. The lowest BCUT2D eigenvalue weighted by atomic mass is 9.89. The van der Waals surface area contributed by atoms with Crippen molar-refractivity contribution in [2.75, 3.05) is 31.6 Å². The van der Waals surface area contributed by atoms with Gasteiger partial charge in [0.2, 0.25) is 0 Å². The predicted molar refractivity (Wildman–Crippen MR) is 171 cm³/mol. The molecule has 1 saturated heterocycles. The van der Waals surface area contributed by atoms with E-state index in [2.05, 4.69) is 0 Å². The molecule has 2 aromatic carbocycles. The third-order valence-electron chi connectivity index (χ3n) is 6.79. The van der Waals surface area contributed by atoms with Crippen LogP contribution in [0.2, 0.25) is 0 Å². The van der Waals surface area contributed by atoms with E-state index in [0.717, 1.165) is 32.7 Å². The lowest BCUT2D eigenvalue weighted by molar-refractivity contribution is -0.206. The van der Waals surface area contributed by atoms with Crippen molar-refractivity contribution in [2.45, 2.75) is 43.9 Å². The minimum Gasteiger partial charge on any atom is -0.362 e. The molecule has 0 spiro atoms. The summed E-state index contributed by atoms with van der Waals surface area (Å²) in [4.78, 5) is 1.83. The van der Waals surface area contributed by atoms with E-state index in [1.165, 1.54) is 23.5 Å². The summed E-state index contributed by atoms with van der Waals surface area (Å²) in [6.45, 7) is 0.999. The van der Waals surface area contributed by atoms with E-state index < -0.39 is 77.6 Å². The van der Waals surface area contributed by atoms with Gasteiger partial charge in [-0.05, 0) is 53.4 Å². The second kappa shape index (κ2) is 14.3. The van der Waals surface area contributed by atoms with Gasteiger partial charge in [0.05, 0.1) is 31.6 Å². The summed E-state index contributed by atoms with van der Waals surface area (Å²) in [5, 5.41) is 0. The topological polar surface area (TPSA) is 183 Å². The molecule has 0 bridgehead atoms. The first-order valence-corrected chi connectivity index (χ1v) is 21.7. The molecule has 2 heterocycles. The lowest BCUT2D eigenvalue weighted by Crippen LogP contribution is -2.59. The average molecular weight is 757 g/mol. The Balaban J connectivity index is 1.79. The summed E-state index contributed by atoms with van der Waals surface area (Å²) in [7, 11) is -17.3. The minimum absolute atomic E-state index is 0.277. The van der Waals surface area contributed by atoms with Crippen LogP contribution in [0.3, 0.4) is 0 Å². The summed E-state index contributed by atoms with van der Waals surface area (Å²) in [6, 6.07) is 14.8. The molecule has 0 aliphatic carbocycles. The highest BCUT2D eigenvalue weighted by molar-refractivity contribution is 7.86. The number of ether oxygens (including phenoxy) is 1. The molecule has 19 heteroatoms. The Hall–Kier alpha value is -2.33. The van der Waals surface area contributed by atoms with Gasteiger partial charge in [-0.15, -0.1) is 11.3 Å². The highest BCUT2D eigenvalue weighted by Gasteiger charge is 2.53. The van der Waals surface area contributed by atoms with Crippen molar-refractivity contribution < 1.29 is 59.5 Å². The molecule has 47 heavy (non-hydrogen) atoms. The van der Waals surface area contributed by atoms with E-state index in [4.69, 9.17) is 21.5 Å². The molecule has 1 aromatic heterocycles. The Kier molecular flexibility index (Phi) is 11.4. The fourth-order valence-electron chi connectivity index (χ4n) is 4.93. The molecule has 3 aromatic rings. The Morgan fingerprint density at radius 1 is 0.723 bits per heavy atom. The number of thiophene rings is 1. The second-order valence-corrected chi connectivity index (χ2v) is 18.6. The maximum atomic E-state index is 13.4. The molecule has 0 radical (unpaired) electrons. The maximum absolute atomic E-state index is 13.4. The fourth-order valence-corrected chi connectivity index (χ4v) is 8.22. The summed E-state index contributed by atoms with van der Waals surface area (Å²) in [6.07, 6.45) is -5.66. The third-order valence-corrected chi connectivity index (χ3v) is 10.2. The van der Waals surface area contributed by atoms with Crippen LogP contribution < -0.4 is 0 Å². The van der Waals surface area contributed by atoms with Crippen LogP contribution in [0, 0.1) is 12.7 Å². The van der Waals surface area contributed by atoms with Crippen LogP contribution in [0.15, 0.2) is 54.6 Å². The summed E-state index contributed by atoms with van der Waals surface area (Å²) in [5.74, 6) is -0.357. The van der Waals surface area contributed by atoms with E-state index in [1.54, 1.807) is 30.3 Å². The zero-order valence-electron chi connectivity index (χ0n) is 25.7. The zero-order valence-corrected chi connectivity index (χ0v) is 29.8. The van der Waals surface area contributed by atoms with Crippen molar-refractivity contribution in [3.63, 3.8) is 0 Å². The van der Waals surface area contributed by atoms with Crippen LogP contribution in [0.4, 0.5) is 4.39 Å². The van der Waals surface area contributed by atoms with Gasteiger partial charge < -0.3 is 4.74 Å². The molecule has 13 nitrogen and oxygen atoms in total. The van der Waals surface area contributed by atoms with Crippen LogP contribution in [-0.4, -0.2) is 89.7 Å². The van der Waals surface area contributed by atoms with Crippen molar-refractivity contribution in [1.29, 1.82) is 0 Å². The molecule has 0 N–H and O–H groups in total. The zero-order chi connectivity index (χ0) is 34.9. The summed E-state index contributed by atoms with van der Waals surface area (Å²) >= 11 is 1.48. The molecule has 0 amide bonds. The standard InChI is InChI=1S/C28H33FO13S5/c1-17-6-7-19(14-20(17)15-22-12-13-24(43-22)18-8-10-21(29)11-9-18)25-27(41-46(4,34)35)28(42-47(5,36)37)26(40-45(3,32)33)23(39-25)16-38-44(2,30)31/h6-14,23,25-28H,15-16H2,1-5H3/t23-,25+,26-,27+,28+/m1/s1. The SMILES string of the molecule is Cc1ccc([C@@H]2O[C@H](COS(C)(=O)=O)[C@@H](OS(C)(=O)=O)[C@H](OS(C)(=O)=O)[C@H]2OS(C)(=O)=O)cc1Cc1ccc(-c2ccc(F)cc2)s1. The van der Waals surface area contributed by atoms with Crippen molar-refractivity contribution in [1.82, 2.24) is 0 Å². The average Bonchev–Trinajstić information content (AvgIpc) is 3.37. The normalized spacial score (nSPS) is 22.7. The van der Waals surface area contributed by atoms with Gasteiger partial charge in [-0.25, -0.2) is 4.39 Å². The van der Waals surface area contributed by atoms with Crippen molar-refractivity contribution >= 4 is 51.8 Å². The molecule has 1 aliphatic heterocycles. The number of aryl methyl sites for hydroxylation is 1. The van der Waals surface area contributed by atoms with Gasteiger partial charge in [0, 0.05) is 16.2 Å². The smallest absolute Gasteiger partial charge is 0.264 e. The van der Waals surface area contributed by atoms with E-state index in [9.17, 15) is 38.1 Å². The Bertz CT molecular complexity index is 2020. The maximum Gasteiger partial charge on any atom is 0.264 e. The van der Waals surface area contributed by atoms with Gasteiger partial charge in [0.1, 0.15) is 36.3 Å². The van der Waals surface area contributed by atoms with Crippen LogP contribution in [0.1, 0.15) is 27.7 Å². The number of rotatable bonds is 13. The Morgan fingerprint density at radius 2 is 1.30 bits per heavy atom. The number of benzene rings is 2. The van der Waals surface area contributed by atoms with Crippen LogP contribution in [0.5, 0.6) is 0 Å². The molecule has 0 unspecified atom stereocenters. The lowest BCUT2D eigenvalue weighted by Gasteiger charge is -2.44. The van der Waals surface area contributed by atoms with Crippen molar-refractivity contribution in [3.05, 3.63) is 82.0 Å². The van der Waals surface area contributed by atoms with Gasteiger partial charge in [0.15, 0.2) is 0 Å². The molecule has 4 rings (SSSR count). The molecule has 1 aliphatic rings. The fraction of sp³-hybridized carbons (Fsp3) is 0.429. The van der Waals surface area contributed by atoms with Crippen LogP contribution in [0.25, 0.3) is 10.4 Å². The monoisotopic (exact) mass is 756 g/mol. The Morgan fingerprint density at radius 3 is 1.87 bits per heavy atom. The first-order valence-electron chi connectivity index (χ1n) is 13.7. The number of hydrogen-bond acceptors (Lipinski definition) is 14. The van der Waals surface area contributed by atoms with Gasteiger partial charge in [-0.1, -0.05) is 30.3 Å². The minimum atomic E-state index is -4.44. The number of hydrogen-bond donors (Lipinski definition) is 0. The summed E-state index contributed by atoms with van der Waals surface area (Å²) in [5.41, 5.74) is 2.70. The highest BCUT2D eigenvalue weighted by atomic mass is 32.2. The second-order valence-electron chi connectivity index (χ2n) is 11.0. The van der Waals surface area contributed by atoms with Gasteiger partial charge in [-0.2, -0.15) is 33.7 Å². The molecule has 260 valence electrons. The van der Waals surface area contributed by atoms with Crippen LogP contribution >= 0.6 is 11.3 Å². The first-order chi connectivity index (χ1) is 21.6. The van der Waals surface area contributed by atoms with E-state index >= 15 is 0 Å². The molecule has 0 saturated carbocycles. The highest BCUT2D eigenvalue weighted by Crippen LogP contribution is 2.40. The van der Waals surface area contributed by atoms with Crippen molar-refractivity contribution in [2.24, 2.45) is 0 Å². The van der Waals surface area contributed by atoms with Crippen molar-refractivity contribution in [3.8, 4) is 10.4 Å². The largest absolute Gasteiger partial charge is 0.362 e. The molecule has 5 atom stereocenters. The Labute approximate surface area is 278 Å². The van der Waals surface area contributed by atoms with E-state index in [-0.39, 0.29) is 11.4 Å². The molecule has 1 fully saturated rings. The van der Waals surface area contributed by atoms with E-state index in [1.807, 2.05) is 19.1 Å². The molecular weight excluding hydrogens is 724 g/mol. The van der Waals surface area contributed by atoms with Gasteiger partial charge in [-0.3, -0.25) is 16.7 Å².